The van der Waals surface area contributed by atoms with Gasteiger partial charge in [-0.1, -0.05) is 28.1 Å². The smallest absolute Gasteiger partial charge is 0.326 e. The van der Waals surface area contributed by atoms with Crippen LogP contribution in [0.5, 0.6) is 5.88 Å². The monoisotopic (exact) mass is 254 g/mol. The molecule has 1 heterocycles. The second-order valence-corrected chi connectivity index (χ2v) is 3.73. The van der Waals surface area contributed by atoms with Crippen LogP contribution in [0.25, 0.3) is 11.3 Å². The van der Waals surface area contributed by atoms with E-state index in [1.165, 1.54) is 0 Å². The summed E-state index contributed by atoms with van der Waals surface area (Å²) in [6.45, 7) is 0. The van der Waals surface area contributed by atoms with Gasteiger partial charge in [0.15, 0.2) is 0 Å². The van der Waals surface area contributed by atoms with Crippen molar-refractivity contribution in [1.82, 2.24) is 9.97 Å². The van der Waals surface area contributed by atoms with E-state index in [0.29, 0.717) is 5.69 Å². The average molecular weight is 255 g/mol. The Kier molecular flexibility index (Phi) is 2.17. The first kappa shape index (κ1) is 9.08. The van der Waals surface area contributed by atoms with E-state index in [4.69, 9.17) is 0 Å². The molecule has 4 nitrogen and oxygen atoms in total. The highest BCUT2D eigenvalue weighted by Crippen LogP contribution is 2.24. The third-order valence-electron chi connectivity index (χ3n) is 1.84. The van der Waals surface area contributed by atoms with Crippen molar-refractivity contribution in [2.24, 2.45) is 0 Å². The van der Waals surface area contributed by atoms with Gasteiger partial charge in [0.05, 0.1) is 0 Å². The lowest BCUT2D eigenvalue weighted by atomic mass is 10.2. The Labute approximate surface area is 87.7 Å². The van der Waals surface area contributed by atoms with E-state index >= 15 is 0 Å². The number of imidazole rings is 1. The van der Waals surface area contributed by atoms with Crippen molar-refractivity contribution in [2.45, 2.75) is 0 Å². The molecule has 5 heteroatoms. The number of H-pyrrole nitrogens is 2. The zero-order valence-corrected chi connectivity index (χ0v) is 8.63. The van der Waals surface area contributed by atoms with Gasteiger partial charge >= 0.3 is 5.69 Å². The number of hydrogen-bond donors (Lipinski definition) is 3. The highest BCUT2D eigenvalue weighted by atomic mass is 79.9. The second kappa shape index (κ2) is 3.34. The van der Waals surface area contributed by atoms with E-state index < -0.39 is 5.69 Å². The summed E-state index contributed by atoms with van der Waals surface area (Å²) in [4.78, 5) is 15.6. The summed E-state index contributed by atoms with van der Waals surface area (Å²) in [7, 11) is 0. The Morgan fingerprint density at radius 3 is 2.29 bits per heavy atom. The predicted octanol–water partition coefficient (Wildman–Crippen LogP) is 1.84. The molecule has 0 aliphatic heterocycles. The largest absolute Gasteiger partial charge is 0.493 e. The van der Waals surface area contributed by atoms with E-state index in [1.807, 2.05) is 12.1 Å². The van der Waals surface area contributed by atoms with E-state index in [9.17, 15) is 9.90 Å². The molecule has 0 bridgehead atoms. The zero-order valence-electron chi connectivity index (χ0n) is 7.04. The number of nitrogens with one attached hydrogen (secondary N) is 2. The Bertz CT molecular complexity index is 498. The summed E-state index contributed by atoms with van der Waals surface area (Å²) in [6.07, 6.45) is 0. The lowest BCUT2D eigenvalue weighted by Crippen LogP contribution is -1.99. The Morgan fingerprint density at radius 2 is 1.79 bits per heavy atom. The maximum absolute atomic E-state index is 10.9. The fraction of sp³-hybridized carbons (Fsp3) is 0. The van der Waals surface area contributed by atoms with Crippen LogP contribution in [-0.2, 0) is 0 Å². The average Bonchev–Trinajstić information content (AvgIpc) is 2.47. The van der Waals surface area contributed by atoms with Crippen LogP contribution in [0.15, 0.2) is 33.5 Å². The molecule has 1 aromatic heterocycles. The number of hydrogen-bond acceptors (Lipinski definition) is 2. The highest BCUT2D eigenvalue weighted by molar-refractivity contribution is 9.10. The van der Waals surface area contributed by atoms with Crippen LogP contribution in [-0.4, -0.2) is 15.1 Å². The molecule has 0 unspecified atom stereocenters. The summed E-state index contributed by atoms with van der Waals surface area (Å²) < 4.78 is 0.943. The number of benzene rings is 1. The minimum absolute atomic E-state index is 0.141. The van der Waals surface area contributed by atoms with Gasteiger partial charge in [0.25, 0.3) is 0 Å². The van der Waals surface area contributed by atoms with E-state index in [2.05, 4.69) is 25.9 Å². The molecule has 0 amide bonds. The molecule has 2 aromatic rings. The molecule has 2 rings (SSSR count). The van der Waals surface area contributed by atoms with Gasteiger partial charge in [-0.3, -0.25) is 4.98 Å². The number of aromatic hydroxyl groups is 1. The van der Waals surface area contributed by atoms with Gasteiger partial charge in [0.1, 0.15) is 5.69 Å². The fourth-order valence-electron chi connectivity index (χ4n) is 1.20. The van der Waals surface area contributed by atoms with Crippen LogP contribution >= 0.6 is 15.9 Å². The number of rotatable bonds is 1. The first-order valence-electron chi connectivity index (χ1n) is 3.94. The van der Waals surface area contributed by atoms with Crippen molar-refractivity contribution in [3.63, 3.8) is 0 Å². The molecular formula is C9H7BrN2O2. The quantitative estimate of drug-likeness (QED) is 0.727. The molecule has 0 atom stereocenters. The SMILES string of the molecule is O=c1[nH]c(O)c(-c2ccc(Br)cc2)[nH]1. The van der Waals surface area contributed by atoms with E-state index in [-0.39, 0.29) is 5.88 Å². The molecule has 3 N–H and O–H groups in total. The minimum atomic E-state index is -0.416. The molecular weight excluding hydrogens is 248 g/mol. The Morgan fingerprint density at radius 1 is 1.14 bits per heavy atom. The molecule has 1 aromatic carbocycles. The lowest BCUT2D eigenvalue weighted by molar-refractivity contribution is 0.457. The third-order valence-corrected chi connectivity index (χ3v) is 2.37. The number of aromatic nitrogens is 2. The fourth-order valence-corrected chi connectivity index (χ4v) is 1.46. The van der Waals surface area contributed by atoms with Crippen LogP contribution < -0.4 is 5.69 Å². The number of halogens is 1. The summed E-state index contributed by atoms with van der Waals surface area (Å²) in [5.74, 6) is -0.141. The first-order valence-corrected chi connectivity index (χ1v) is 4.73. The highest BCUT2D eigenvalue weighted by Gasteiger charge is 2.07. The van der Waals surface area contributed by atoms with Crippen LogP contribution in [0.3, 0.4) is 0 Å². The van der Waals surface area contributed by atoms with Gasteiger partial charge in [0.2, 0.25) is 5.88 Å². The predicted molar refractivity (Wildman–Crippen MR) is 56.2 cm³/mol. The van der Waals surface area contributed by atoms with Crippen molar-refractivity contribution >= 4 is 15.9 Å². The third kappa shape index (κ3) is 1.58. The summed E-state index contributed by atoms with van der Waals surface area (Å²) >= 11 is 3.30. The van der Waals surface area contributed by atoms with Crippen LogP contribution in [0.1, 0.15) is 0 Å². The van der Waals surface area contributed by atoms with E-state index in [0.717, 1.165) is 10.0 Å². The molecule has 0 fully saturated rings. The minimum Gasteiger partial charge on any atom is -0.493 e. The van der Waals surface area contributed by atoms with Crippen LogP contribution in [0.2, 0.25) is 0 Å². The molecule has 0 spiro atoms. The molecule has 14 heavy (non-hydrogen) atoms. The van der Waals surface area contributed by atoms with Gasteiger partial charge in [-0.2, -0.15) is 0 Å². The Balaban J connectivity index is 2.54. The van der Waals surface area contributed by atoms with Gasteiger partial charge in [0, 0.05) is 10.0 Å². The molecule has 0 saturated carbocycles. The van der Waals surface area contributed by atoms with Crippen molar-refractivity contribution in [2.75, 3.05) is 0 Å². The molecule has 0 saturated heterocycles. The Hall–Kier alpha value is -1.49. The summed E-state index contributed by atoms with van der Waals surface area (Å²) in [5.41, 5.74) is 0.743. The second-order valence-electron chi connectivity index (χ2n) is 2.81. The zero-order chi connectivity index (χ0) is 10.1. The number of aromatic amines is 2. The molecule has 72 valence electrons. The maximum Gasteiger partial charge on any atom is 0.326 e. The normalized spacial score (nSPS) is 10.4. The summed E-state index contributed by atoms with van der Waals surface area (Å²) in [5, 5.41) is 9.36. The van der Waals surface area contributed by atoms with Crippen molar-refractivity contribution in [3.05, 3.63) is 39.2 Å². The first-order chi connectivity index (χ1) is 6.66. The molecule has 0 aliphatic rings. The van der Waals surface area contributed by atoms with Gasteiger partial charge in [-0.15, -0.1) is 0 Å². The van der Waals surface area contributed by atoms with Gasteiger partial charge in [-0.25, -0.2) is 4.79 Å². The summed E-state index contributed by atoms with van der Waals surface area (Å²) in [6, 6.07) is 7.26. The topological polar surface area (TPSA) is 68.9 Å². The van der Waals surface area contributed by atoms with Crippen LogP contribution in [0, 0.1) is 0 Å². The van der Waals surface area contributed by atoms with Crippen molar-refractivity contribution in [3.8, 4) is 17.1 Å². The van der Waals surface area contributed by atoms with Gasteiger partial charge in [-0.05, 0) is 12.1 Å². The molecule has 0 aliphatic carbocycles. The van der Waals surface area contributed by atoms with Crippen LogP contribution in [0.4, 0.5) is 0 Å². The standard InChI is InChI=1S/C9H7BrN2O2/c10-6-3-1-5(2-4-6)7-8(13)12-9(14)11-7/h1-4,13H,(H2,11,12,14). The van der Waals surface area contributed by atoms with Crippen molar-refractivity contribution in [1.29, 1.82) is 0 Å². The van der Waals surface area contributed by atoms with E-state index in [1.54, 1.807) is 12.1 Å². The lowest BCUT2D eigenvalue weighted by Gasteiger charge is -1.97. The van der Waals surface area contributed by atoms with Gasteiger partial charge < -0.3 is 10.1 Å². The van der Waals surface area contributed by atoms with Crippen molar-refractivity contribution < 1.29 is 5.11 Å². The maximum atomic E-state index is 10.9. The molecule has 0 radical (unpaired) electrons.